The molecule has 1 atom stereocenters. The van der Waals surface area contributed by atoms with Crippen molar-refractivity contribution >= 4 is 5.69 Å². The van der Waals surface area contributed by atoms with Crippen LogP contribution in [-0.4, -0.2) is 18.1 Å². The van der Waals surface area contributed by atoms with Crippen molar-refractivity contribution in [3.05, 3.63) is 18.3 Å². The van der Waals surface area contributed by atoms with Crippen molar-refractivity contribution in [2.24, 2.45) is 5.92 Å². The number of hydrogen-bond acceptors (Lipinski definition) is 3. The predicted octanol–water partition coefficient (Wildman–Crippen LogP) is 2.94. The largest absolute Gasteiger partial charge is 0.480 e. The quantitative estimate of drug-likeness (QED) is 0.807. The number of nitrogens with one attached hydrogen (secondary N) is 1. The van der Waals surface area contributed by atoms with Gasteiger partial charge in [0.2, 0.25) is 5.88 Å². The Morgan fingerprint density at radius 3 is 2.73 bits per heavy atom. The Labute approximate surface area is 91.9 Å². The van der Waals surface area contributed by atoms with Gasteiger partial charge in [0.05, 0.1) is 12.8 Å². The summed E-state index contributed by atoms with van der Waals surface area (Å²) < 4.78 is 5.20. The summed E-state index contributed by atoms with van der Waals surface area (Å²) in [6.07, 6.45) is 2.83. The summed E-state index contributed by atoms with van der Waals surface area (Å²) in [6, 6.07) is 4.37. The van der Waals surface area contributed by atoms with Crippen molar-refractivity contribution in [3.63, 3.8) is 0 Å². The fourth-order valence-electron chi connectivity index (χ4n) is 1.60. The Balaban J connectivity index is 2.78. The minimum atomic E-state index is 0.461. The number of hydrogen-bond donors (Lipinski definition) is 1. The molecule has 0 aliphatic carbocycles. The summed E-state index contributed by atoms with van der Waals surface area (Å²) in [6.45, 7) is 6.61. The van der Waals surface area contributed by atoms with Gasteiger partial charge in [0.25, 0.3) is 0 Å². The fourth-order valence-corrected chi connectivity index (χ4v) is 1.60. The van der Waals surface area contributed by atoms with E-state index in [1.54, 1.807) is 13.3 Å². The first-order chi connectivity index (χ1) is 7.19. The maximum atomic E-state index is 5.20. The van der Waals surface area contributed by atoms with Crippen LogP contribution in [-0.2, 0) is 0 Å². The Hall–Kier alpha value is -1.25. The summed E-state index contributed by atoms with van der Waals surface area (Å²) in [5.41, 5.74) is 0.973. The van der Waals surface area contributed by atoms with Gasteiger partial charge in [-0.15, -0.1) is 0 Å². The van der Waals surface area contributed by atoms with E-state index < -0.39 is 0 Å². The van der Waals surface area contributed by atoms with Gasteiger partial charge in [0.1, 0.15) is 0 Å². The normalized spacial score (nSPS) is 12.6. The number of ether oxygens (including phenoxy) is 1. The van der Waals surface area contributed by atoms with Crippen molar-refractivity contribution in [2.75, 3.05) is 12.4 Å². The highest BCUT2D eigenvalue weighted by Gasteiger charge is 2.12. The molecule has 1 heterocycles. The average Bonchev–Trinajstić information content (AvgIpc) is 2.25. The zero-order valence-corrected chi connectivity index (χ0v) is 9.95. The Kier molecular flexibility index (Phi) is 4.40. The molecule has 3 heteroatoms. The first-order valence-corrected chi connectivity index (χ1v) is 5.44. The molecule has 84 valence electrons. The van der Waals surface area contributed by atoms with Crippen molar-refractivity contribution in [1.29, 1.82) is 0 Å². The third-order valence-electron chi connectivity index (χ3n) is 2.55. The highest BCUT2D eigenvalue weighted by atomic mass is 16.5. The SMILES string of the molecule is CCC(Nc1cccnc1OC)C(C)C. The maximum Gasteiger partial charge on any atom is 0.237 e. The highest BCUT2D eigenvalue weighted by molar-refractivity contribution is 5.52. The first kappa shape index (κ1) is 11.8. The second-order valence-corrected chi connectivity index (χ2v) is 3.96. The van der Waals surface area contributed by atoms with Gasteiger partial charge in [-0.2, -0.15) is 0 Å². The van der Waals surface area contributed by atoms with E-state index in [1.807, 2.05) is 12.1 Å². The summed E-state index contributed by atoms with van der Waals surface area (Å²) in [5, 5.41) is 3.46. The van der Waals surface area contributed by atoms with Gasteiger partial charge in [-0.3, -0.25) is 0 Å². The second kappa shape index (κ2) is 5.59. The smallest absolute Gasteiger partial charge is 0.237 e. The third-order valence-corrected chi connectivity index (χ3v) is 2.55. The predicted molar refractivity (Wildman–Crippen MR) is 63.3 cm³/mol. The van der Waals surface area contributed by atoms with E-state index in [-0.39, 0.29) is 0 Å². The minimum Gasteiger partial charge on any atom is -0.480 e. The molecule has 0 aliphatic heterocycles. The average molecular weight is 208 g/mol. The van der Waals surface area contributed by atoms with Crippen LogP contribution >= 0.6 is 0 Å². The zero-order valence-electron chi connectivity index (χ0n) is 9.95. The van der Waals surface area contributed by atoms with Crippen molar-refractivity contribution in [2.45, 2.75) is 33.2 Å². The van der Waals surface area contributed by atoms with E-state index in [4.69, 9.17) is 4.74 Å². The molecule has 0 fully saturated rings. The van der Waals surface area contributed by atoms with Crippen LogP contribution in [0.5, 0.6) is 5.88 Å². The van der Waals surface area contributed by atoms with E-state index in [9.17, 15) is 0 Å². The molecule has 0 amide bonds. The van der Waals surface area contributed by atoms with Crippen LogP contribution < -0.4 is 10.1 Å². The van der Waals surface area contributed by atoms with Crippen LogP contribution in [0.3, 0.4) is 0 Å². The summed E-state index contributed by atoms with van der Waals surface area (Å²) >= 11 is 0. The number of rotatable bonds is 5. The lowest BCUT2D eigenvalue weighted by Gasteiger charge is -2.22. The number of methoxy groups -OCH3 is 1. The second-order valence-electron chi connectivity index (χ2n) is 3.96. The highest BCUT2D eigenvalue weighted by Crippen LogP contribution is 2.23. The van der Waals surface area contributed by atoms with E-state index in [2.05, 4.69) is 31.1 Å². The van der Waals surface area contributed by atoms with E-state index in [0.717, 1.165) is 12.1 Å². The van der Waals surface area contributed by atoms with Gasteiger partial charge in [-0.05, 0) is 24.5 Å². The first-order valence-electron chi connectivity index (χ1n) is 5.44. The van der Waals surface area contributed by atoms with Gasteiger partial charge in [-0.25, -0.2) is 4.98 Å². The lowest BCUT2D eigenvalue weighted by molar-refractivity contribution is 0.397. The third kappa shape index (κ3) is 3.11. The molecule has 3 nitrogen and oxygen atoms in total. The Bertz CT molecular complexity index is 299. The topological polar surface area (TPSA) is 34.2 Å². The molecule has 0 bridgehead atoms. The van der Waals surface area contributed by atoms with Crippen molar-refractivity contribution in [3.8, 4) is 5.88 Å². The molecule has 0 saturated heterocycles. The molecular weight excluding hydrogens is 188 g/mol. The van der Waals surface area contributed by atoms with Gasteiger partial charge < -0.3 is 10.1 Å². The Morgan fingerprint density at radius 2 is 2.20 bits per heavy atom. The summed E-state index contributed by atoms with van der Waals surface area (Å²) in [4.78, 5) is 4.16. The lowest BCUT2D eigenvalue weighted by Crippen LogP contribution is -2.24. The van der Waals surface area contributed by atoms with Crippen LogP contribution in [0.2, 0.25) is 0 Å². The Morgan fingerprint density at radius 1 is 1.47 bits per heavy atom. The molecule has 1 aromatic heterocycles. The van der Waals surface area contributed by atoms with Crippen LogP contribution in [0, 0.1) is 5.92 Å². The van der Waals surface area contributed by atoms with E-state index in [1.165, 1.54) is 0 Å². The van der Waals surface area contributed by atoms with Gasteiger partial charge in [0.15, 0.2) is 0 Å². The molecule has 0 aliphatic rings. The minimum absolute atomic E-state index is 0.461. The van der Waals surface area contributed by atoms with Gasteiger partial charge >= 0.3 is 0 Å². The van der Waals surface area contributed by atoms with Crippen LogP contribution in [0.4, 0.5) is 5.69 Å². The fraction of sp³-hybridized carbons (Fsp3) is 0.583. The zero-order chi connectivity index (χ0) is 11.3. The van der Waals surface area contributed by atoms with Crippen LogP contribution in [0.15, 0.2) is 18.3 Å². The van der Waals surface area contributed by atoms with E-state index in [0.29, 0.717) is 17.8 Å². The molecule has 1 unspecified atom stereocenters. The monoisotopic (exact) mass is 208 g/mol. The molecule has 15 heavy (non-hydrogen) atoms. The molecule has 1 N–H and O–H groups in total. The van der Waals surface area contributed by atoms with E-state index >= 15 is 0 Å². The molecule has 1 rings (SSSR count). The van der Waals surface area contributed by atoms with Crippen molar-refractivity contribution < 1.29 is 4.74 Å². The van der Waals surface area contributed by atoms with Crippen LogP contribution in [0.25, 0.3) is 0 Å². The molecule has 0 aromatic carbocycles. The number of aromatic nitrogens is 1. The molecule has 0 spiro atoms. The lowest BCUT2D eigenvalue weighted by atomic mass is 10.0. The summed E-state index contributed by atoms with van der Waals surface area (Å²) in [5.74, 6) is 1.26. The standard InChI is InChI=1S/C12H20N2O/c1-5-10(9(2)3)14-11-7-6-8-13-12(11)15-4/h6-10,14H,5H2,1-4H3. The molecule has 0 saturated carbocycles. The molecule has 1 aromatic rings. The molecule has 0 radical (unpaired) electrons. The number of nitrogens with zero attached hydrogens (tertiary/aromatic N) is 1. The summed E-state index contributed by atoms with van der Waals surface area (Å²) in [7, 11) is 1.64. The molecular formula is C12H20N2O. The van der Waals surface area contributed by atoms with Gasteiger partial charge in [-0.1, -0.05) is 20.8 Å². The number of pyridine rings is 1. The maximum absolute atomic E-state index is 5.20. The number of anilines is 1. The van der Waals surface area contributed by atoms with Crippen LogP contribution in [0.1, 0.15) is 27.2 Å². The van der Waals surface area contributed by atoms with Gasteiger partial charge in [0, 0.05) is 12.2 Å². The van der Waals surface area contributed by atoms with Crippen molar-refractivity contribution in [1.82, 2.24) is 4.98 Å².